The lowest BCUT2D eigenvalue weighted by Gasteiger charge is -2.05. The predicted molar refractivity (Wildman–Crippen MR) is 67.2 cm³/mol. The highest BCUT2D eigenvalue weighted by Gasteiger charge is 2.03. The number of amides is 2. The van der Waals surface area contributed by atoms with Crippen molar-refractivity contribution in [1.29, 1.82) is 0 Å². The quantitative estimate of drug-likeness (QED) is 0.728. The topological polar surface area (TPSA) is 82.7 Å². The van der Waals surface area contributed by atoms with E-state index in [2.05, 4.69) is 25.8 Å². The molecule has 0 saturated carbocycles. The molecule has 3 N–H and O–H groups in total. The molecular weight excluding hydrogens is 238 g/mol. The second-order valence-corrected chi connectivity index (χ2v) is 3.98. The van der Waals surface area contributed by atoms with Crippen molar-refractivity contribution in [2.75, 3.05) is 16.9 Å². The number of nitrogens with one attached hydrogen (secondary N) is 3. The lowest BCUT2D eigenvalue weighted by Crippen LogP contribution is -2.19. The molecule has 88 valence electrons. The van der Waals surface area contributed by atoms with E-state index in [1.54, 1.807) is 30.2 Å². The number of anilines is 2. The zero-order valence-corrected chi connectivity index (χ0v) is 9.91. The molecule has 2 aromatic heterocycles. The molecule has 0 unspecified atom stereocenters. The fraction of sp³-hybridized carbons (Fsp3) is 0.100. The Bertz CT molecular complexity index is 482. The zero-order valence-electron chi connectivity index (χ0n) is 9.10. The van der Waals surface area contributed by atoms with Gasteiger partial charge in [0.1, 0.15) is 0 Å². The summed E-state index contributed by atoms with van der Waals surface area (Å²) in [4.78, 5) is 15.7. The smallest absolute Gasteiger partial charge is 0.306 e. The molecule has 2 aromatic rings. The van der Waals surface area contributed by atoms with Gasteiger partial charge in [0, 0.05) is 6.20 Å². The highest BCUT2D eigenvalue weighted by atomic mass is 32.2. The molecule has 7 heteroatoms. The normalized spacial score (nSPS) is 9.94. The Balaban J connectivity index is 1.93. The minimum atomic E-state index is -0.329. The van der Waals surface area contributed by atoms with Crippen LogP contribution in [0.2, 0.25) is 0 Å². The summed E-state index contributed by atoms with van der Waals surface area (Å²) in [6, 6.07) is 3.32. The Morgan fingerprint density at radius 3 is 2.71 bits per heavy atom. The van der Waals surface area contributed by atoms with Gasteiger partial charge in [0.05, 0.1) is 28.8 Å². The summed E-state index contributed by atoms with van der Waals surface area (Å²) in [6.45, 7) is 0. The number of thioether (sulfide) groups is 1. The summed E-state index contributed by atoms with van der Waals surface area (Å²) < 4.78 is 0. The summed E-state index contributed by atoms with van der Waals surface area (Å²) in [5, 5.41) is 12.5. The number of hydrogen-bond acceptors (Lipinski definition) is 4. The maximum atomic E-state index is 11.5. The van der Waals surface area contributed by atoms with Gasteiger partial charge in [0.25, 0.3) is 0 Å². The number of nitrogens with zero attached hydrogens (tertiary/aromatic N) is 2. The largest absolute Gasteiger partial charge is 0.323 e. The standard InChI is InChI=1S/C10H11N5OS/c1-17-9-3-2-7(4-11-9)14-10(16)15-8-5-12-13-6-8/h2-6H,1H3,(H,12,13)(H2,14,15,16). The van der Waals surface area contributed by atoms with E-state index in [4.69, 9.17) is 0 Å². The van der Waals surface area contributed by atoms with Gasteiger partial charge in [-0.3, -0.25) is 5.10 Å². The highest BCUT2D eigenvalue weighted by molar-refractivity contribution is 7.98. The molecule has 0 atom stereocenters. The fourth-order valence-electron chi connectivity index (χ4n) is 1.19. The van der Waals surface area contributed by atoms with Crippen LogP contribution in [0.4, 0.5) is 16.2 Å². The van der Waals surface area contributed by atoms with Crippen LogP contribution in [0.3, 0.4) is 0 Å². The molecule has 2 rings (SSSR count). The summed E-state index contributed by atoms with van der Waals surface area (Å²) in [5.74, 6) is 0. The first kappa shape index (κ1) is 11.5. The van der Waals surface area contributed by atoms with Gasteiger partial charge in [-0.25, -0.2) is 9.78 Å². The van der Waals surface area contributed by atoms with Gasteiger partial charge in [-0.15, -0.1) is 11.8 Å². The summed E-state index contributed by atoms with van der Waals surface area (Å²) in [6.07, 6.45) is 6.67. The molecule has 0 aliphatic rings. The second-order valence-electron chi connectivity index (χ2n) is 3.16. The molecule has 0 spiro atoms. The molecule has 0 aliphatic heterocycles. The lowest BCUT2D eigenvalue weighted by molar-refractivity contribution is 0.262. The number of pyridine rings is 1. The summed E-state index contributed by atoms with van der Waals surface area (Å²) in [7, 11) is 0. The predicted octanol–water partition coefficient (Wildman–Crippen LogP) is 2.17. The van der Waals surface area contributed by atoms with Gasteiger partial charge >= 0.3 is 6.03 Å². The third-order valence-corrected chi connectivity index (χ3v) is 2.62. The van der Waals surface area contributed by atoms with Crippen molar-refractivity contribution < 1.29 is 4.79 Å². The molecule has 2 heterocycles. The summed E-state index contributed by atoms with van der Waals surface area (Å²) >= 11 is 1.55. The van der Waals surface area contributed by atoms with Crippen molar-refractivity contribution in [3.63, 3.8) is 0 Å². The highest BCUT2D eigenvalue weighted by Crippen LogP contribution is 2.14. The van der Waals surface area contributed by atoms with Crippen molar-refractivity contribution in [3.8, 4) is 0 Å². The number of carbonyl (C=O) groups is 1. The van der Waals surface area contributed by atoms with Crippen LogP contribution in [0.1, 0.15) is 0 Å². The van der Waals surface area contributed by atoms with Crippen LogP contribution >= 0.6 is 11.8 Å². The first-order valence-corrected chi connectivity index (χ1v) is 6.07. The number of H-pyrrole nitrogens is 1. The Kier molecular flexibility index (Phi) is 3.61. The van der Waals surface area contributed by atoms with Crippen molar-refractivity contribution >= 4 is 29.2 Å². The molecule has 0 fully saturated rings. The van der Waals surface area contributed by atoms with Gasteiger partial charge in [0.15, 0.2) is 0 Å². The molecule has 2 amide bonds. The maximum absolute atomic E-state index is 11.5. The number of carbonyl (C=O) groups excluding carboxylic acids is 1. The molecular formula is C10H11N5OS. The van der Waals surface area contributed by atoms with E-state index in [1.807, 2.05) is 12.3 Å². The average molecular weight is 249 g/mol. The van der Waals surface area contributed by atoms with E-state index in [1.165, 1.54) is 6.20 Å². The van der Waals surface area contributed by atoms with Crippen LogP contribution in [0, 0.1) is 0 Å². The van der Waals surface area contributed by atoms with Crippen molar-refractivity contribution in [2.24, 2.45) is 0 Å². The van der Waals surface area contributed by atoms with Crippen LogP contribution in [0.15, 0.2) is 35.7 Å². The van der Waals surface area contributed by atoms with Crippen molar-refractivity contribution in [3.05, 3.63) is 30.7 Å². The van der Waals surface area contributed by atoms with E-state index in [0.29, 0.717) is 11.4 Å². The monoisotopic (exact) mass is 249 g/mol. The van der Waals surface area contributed by atoms with Crippen LogP contribution in [0.25, 0.3) is 0 Å². The first-order chi connectivity index (χ1) is 8.28. The van der Waals surface area contributed by atoms with Crippen LogP contribution in [-0.2, 0) is 0 Å². The number of rotatable bonds is 3. The average Bonchev–Trinajstić information content (AvgIpc) is 2.82. The Morgan fingerprint density at radius 1 is 1.29 bits per heavy atom. The Labute approximate surface area is 102 Å². The zero-order chi connectivity index (χ0) is 12.1. The van der Waals surface area contributed by atoms with Gasteiger partial charge < -0.3 is 10.6 Å². The van der Waals surface area contributed by atoms with E-state index in [-0.39, 0.29) is 6.03 Å². The number of hydrogen-bond donors (Lipinski definition) is 3. The van der Waals surface area contributed by atoms with Gasteiger partial charge in [-0.05, 0) is 18.4 Å². The number of urea groups is 1. The second kappa shape index (κ2) is 5.35. The van der Waals surface area contributed by atoms with Gasteiger partial charge in [-0.1, -0.05) is 0 Å². The van der Waals surface area contributed by atoms with E-state index < -0.39 is 0 Å². The lowest BCUT2D eigenvalue weighted by atomic mass is 10.4. The number of aromatic amines is 1. The molecule has 0 aliphatic carbocycles. The van der Waals surface area contributed by atoms with E-state index in [0.717, 1.165) is 5.03 Å². The molecule has 0 saturated heterocycles. The third-order valence-electron chi connectivity index (χ3n) is 1.96. The van der Waals surface area contributed by atoms with Gasteiger partial charge in [0.2, 0.25) is 0 Å². The molecule has 6 nitrogen and oxygen atoms in total. The maximum Gasteiger partial charge on any atom is 0.323 e. The molecule has 0 aromatic carbocycles. The molecule has 0 bridgehead atoms. The third kappa shape index (κ3) is 3.22. The Morgan fingerprint density at radius 2 is 2.12 bits per heavy atom. The molecule has 0 radical (unpaired) electrons. The number of aromatic nitrogens is 3. The minimum Gasteiger partial charge on any atom is -0.306 e. The van der Waals surface area contributed by atoms with Gasteiger partial charge in [-0.2, -0.15) is 5.10 Å². The molecule has 17 heavy (non-hydrogen) atoms. The van der Waals surface area contributed by atoms with Crippen LogP contribution in [0.5, 0.6) is 0 Å². The van der Waals surface area contributed by atoms with Crippen molar-refractivity contribution in [1.82, 2.24) is 15.2 Å². The summed E-state index contributed by atoms with van der Waals surface area (Å²) in [5.41, 5.74) is 1.25. The fourth-order valence-corrected chi connectivity index (χ4v) is 1.55. The van der Waals surface area contributed by atoms with Crippen molar-refractivity contribution in [2.45, 2.75) is 5.03 Å². The minimum absolute atomic E-state index is 0.329. The van der Waals surface area contributed by atoms with E-state index >= 15 is 0 Å². The van der Waals surface area contributed by atoms with Crippen LogP contribution < -0.4 is 10.6 Å². The Hall–Kier alpha value is -2.02. The first-order valence-electron chi connectivity index (χ1n) is 4.85. The van der Waals surface area contributed by atoms with E-state index in [9.17, 15) is 4.79 Å². The van der Waals surface area contributed by atoms with Crippen LogP contribution in [-0.4, -0.2) is 27.5 Å². The SMILES string of the molecule is CSc1ccc(NC(=O)Nc2cn[nH]c2)cn1.